The summed E-state index contributed by atoms with van der Waals surface area (Å²) in [6.45, 7) is 5.38. The summed E-state index contributed by atoms with van der Waals surface area (Å²) in [5.74, 6) is 0.274. The standard InChI is InChI=1S/C14H24N2O2S2/c1-3-11-20(17,18)16-8-6-13(7-9-16)15-12(2)14-5-4-10-19-14/h4-5,10,12-13,15H,3,6-9,11H2,1-2H3. The molecular weight excluding hydrogens is 292 g/mol. The highest BCUT2D eigenvalue weighted by molar-refractivity contribution is 7.89. The van der Waals surface area contributed by atoms with Crippen molar-refractivity contribution in [3.63, 3.8) is 0 Å². The molecule has 0 spiro atoms. The molecule has 1 atom stereocenters. The first-order valence-electron chi connectivity index (χ1n) is 7.30. The fourth-order valence-corrected chi connectivity index (χ4v) is 4.95. The molecule has 6 heteroatoms. The highest BCUT2D eigenvalue weighted by Crippen LogP contribution is 2.22. The van der Waals surface area contributed by atoms with Crippen molar-refractivity contribution in [1.29, 1.82) is 0 Å². The Balaban J connectivity index is 1.83. The van der Waals surface area contributed by atoms with Crippen LogP contribution in [-0.2, 0) is 10.0 Å². The molecule has 0 saturated carbocycles. The fourth-order valence-electron chi connectivity index (χ4n) is 2.66. The Hall–Kier alpha value is -0.430. The van der Waals surface area contributed by atoms with Crippen molar-refractivity contribution in [3.05, 3.63) is 22.4 Å². The summed E-state index contributed by atoms with van der Waals surface area (Å²) in [7, 11) is -3.02. The van der Waals surface area contributed by atoms with Crippen molar-refractivity contribution in [2.45, 2.75) is 45.2 Å². The molecule has 1 saturated heterocycles. The summed E-state index contributed by atoms with van der Waals surface area (Å²) in [6.07, 6.45) is 2.49. The van der Waals surface area contributed by atoms with Gasteiger partial charge in [-0.3, -0.25) is 0 Å². The smallest absolute Gasteiger partial charge is 0.214 e. The fraction of sp³-hybridized carbons (Fsp3) is 0.714. The van der Waals surface area contributed by atoms with E-state index in [1.54, 1.807) is 15.6 Å². The van der Waals surface area contributed by atoms with E-state index in [2.05, 4.69) is 29.8 Å². The van der Waals surface area contributed by atoms with E-state index in [0.717, 1.165) is 12.8 Å². The summed E-state index contributed by atoms with van der Waals surface area (Å²) in [5.41, 5.74) is 0. The van der Waals surface area contributed by atoms with E-state index < -0.39 is 10.0 Å². The second kappa shape index (κ2) is 7.02. The summed E-state index contributed by atoms with van der Waals surface area (Å²) in [6, 6.07) is 4.97. The number of nitrogens with zero attached hydrogens (tertiary/aromatic N) is 1. The van der Waals surface area contributed by atoms with Gasteiger partial charge < -0.3 is 5.32 Å². The summed E-state index contributed by atoms with van der Waals surface area (Å²) >= 11 is 1.76. The van der Waals surface area contributed by atoms with Gasteiger partial charge in [0.05, 0.1) is 5.75 Å². The van der Waals surface area contributed by atoms with Gasteiger partial charge >= 0.3 is 0 Å². The maximum atomic E-state index is 12.0. The molecule has 1 N–H and O–H groups in total. The molecule has 1 unspecified atom stereocenters. The minimum Gasteiger partial charge on any atom is -0.307 e. The lowest BCUT2D eigenvalue weighted by atomic mass is 10.1. The van der Waals surface area contributed by atoms with Gasteiger partial charge in [-0.25, -0.2) is 12.7 Å². The Labute approximate surface area is 126 Å². The number of sulfonamides is 1. The van der Waals surface area contributed by atoms with Gasteiger partial charge in [0.2, 0.25) is 10.0 Å². The van der Waals surface area contributed by atoms with Crippen LogP contribution in [-0.4, -0.2) is 37.6 Å². The van der Waals surface area contributed by atoms with E-state index in [-0.39, 0.29) is 5.75 Å². The molecule has 0 aromatic carbocycles. The Kier molecular flexibility index (Phi) is 5.60. The molecular formula is C14H24N2O2S2. The Morgan fingerprint density at radius 2 is 2.15 bits per heavy atom. The first-order valence-corrected chi connectivity index (χ1v) is 9.79. The lowest BCUT2D eigenvalue weighted by Crippen LogP contribution is -2.45. The van der Waals surface area contributed by atoms with Gasteiger partial charge in [0.15, 0.2) is 0 Å². The molecule has 0 bridgehead atoms. The molecule has 0 amide bonds. The molecule has 1 aromatic rings. The largest absolute Gasteiger partial charge is 0.307 e. The van der Waals surface area contributed by atoms with E-state index >= 15 is 0 Å². The van der Waals surface area contributed by atoms with E-state index in [1.165, 1.54) is 4.88 Å². The van der Waals surface area contributed by atoms with Crippen molar-refractivity contribution in [1.82, 2.24) is 9.62 Å². The maximum Gasteiger partial charge on any atom is 0.214 e. The molecule has 1 fully saturated rings. The van der Waals surface area contributed by atoms with Crippen LogP contribution in [0, 0.1) is 0 Å². The van der Waals surface area contributed by atoms with Gasteiger partial charge in [-0.05, 0) is 37.6 Å². The second-order valence-corrected chi connectivity index (χ2v) is 8.46. The first-order chi connectivity index (χ1) is 9.53. The number of nitrogens with one attached hydrogen (secondary N) is 1. The van der Waals surface area contributed by atoms with Gasteiger partial charge in [-0.15, -0.1) is 11.3 Å². The first kappa shape index (κ1) is 15.9. The van der Waals surface area contributed by atoms with E-state index in [4.69, 9.17) is 0 Å². The van der Waals surface area contributed by atoms with Crippen LogP contribution in [0.5, 0.6) is 0 Å². The van der Waals surface area contributed by atoms with Crippen LogP contribution in [0.25, 0.3) is 0 Å². The predicted octanol–water partition coefficient (Wildman–Crippen LogP) is 2.60. The third kappa shape index (κ3) is 4.04. The minimum atomic E-state index is -3.02. The van der Waals surface area contributed by atoms with E-state index in [9.17, 15) is 8.42 Å². The Morgan fingerprint density at radius 3 is 2.70 bits per heavy atom. The predicted molar refractivity (Wildman–Crippen MR) is 84.5 cm³/mol. The van der Waals surface area contributed by atoms with Crippen molar-refractivity contribution in [2.75, 3.05) is 18.8 Å². The number of rotatable bonds is 6. The lowest BCUT2D eigenvalue weighted by Gasteiger charge is -2.33. The normalized spacial score (nSPS) is 20.1. The van der Waals surface area contributed by atoms with Crippen LogP contribution in [0.4, 0.5) is 0 Å². The topological polar surface area (TPSA) is 49.4 Å². The third-order valence-electron chi connectivity index (χ3n) is 3.77. The van der Waals surface area contributed by atoms with Gasteiger partial charge in [-0.2, -0.15) is 0 Å². The average Bonchev–Trinajstić information content (AvgIpc) is 2.93. The zero-order valence-corrected chi connectivity index (χ0v) is 13.8. The van der Waals surface area contributed by atoms with Gasteiger partial charge in [0.1, 0.15) is 0 Å². The number of piperidine rings is 1. The van der Waals surface area contributed by atoms with Crippen molar-refractivity contribution >= 4 is 21.4 Å². The lowest BCUT2D eigenvalue weighted by molar-refractivity contribution is 0.278. The van der Waals surface area contributed by atoms with E-state index in [1.807, 2.05) is 6.92 Å². The Bertz CT molecular complexity index is 491. The molecule has 1 aromatic heterocycles. The summed E-state index contributed by atoms with van der Waals surface area (Å²) in [4.78, 5) is 1.34. The second-order valence-electron chi connectivity index (χ2n) is 5.39. The Morgan fingerprint density at radius 1 is 1.45 bits per heavy atom. The molecule has 20 heavy (non-hydrogen) atoms. The van der Waals surface area contributed by atoms with Crippen LogP contribution < -0.4 is 5.32 Å². The van der Waals surface area contributed by atoms with Crippen LogP contribution in [0.2, 0.25) is 0 Å². The van der Waals surface area contributed by atoms with Crippen molar-refractivity contribution < 1.29 is 8.42 Å². The molecule has 4 nitrogen and oxygen atoms in total. The van der Waals surface area contributed by atoms with Gasteiger partial charge in [0, 0.05) is 30.1 Å². The van der Waals surface area contributed by atoms with Gasteiger partial charge in [-0.1, -0.05) is 13.0 Å². The van der Waals surface area contributed by atoms with Crippen molar-refractivity contribution in [2.24, 2.45) is 0 Å². The quantitative estimate of drug-likeness (QED) is 0.877. The third-order valence-corrected chi connectivity index (χ3v) is 6.90. The molecule has 0 aliphatic carbocycles. The number of hydrogen-bond donors (Lipinski definition) is 1. The average molecular weight is 316 g/mol. The monoisotopic (exact) mass is 316 g/mol. The van der Waals surface area contributed by atoms with Gasteiger partial charge in [0.25, 0.3) is 0 Å². The SMILES string of the molecule is CCCS(=O)(=O)N1CCC(NC(C)c2cccs2)CC1. The molecule has 1 aliphatic rings. The molecule has 114 valence electrons. The number of hydrogen-bond acceptors (Lipinski definition) is 4. The highest BCUT2D eigenvalue weighted by atomic mass is 32.2. The number of thiophene rings is 1. The maximum absolute atomic E-state index is 12.0. The van der Waals surface area contributed by atoms with E-state index in [0.29, 0.717) is 31.6 Å². The van der Waals surface area contributed by atoms with Crippen molar-refractivity contribution in [3.8, 4) is 0 Å². The van der Waals surface area contributed by atoms with Crippen LogP contribution >= 0.6 is 11.3 Å². The zero-order valence-electron chi connectivity index (χ0n) is 12.2. The zero-order chi connectivity index (χ0) is 14.6. The van der Waals surface area contributed by atoms with Crippen LogP contribution in [0.1, 0.15) is 44.0 Å². The molecule has 0 radical (unpaired) electrons. The summed E-state index contributed by atoms with van der Waals surface area (Å²) in [5, 5.41) is 5.70. The summed E-state index contributed by atoms with van der Waals surface area (Å²) < 4.78 is 25.7. The minimum absolute atomic E-state index is 0.274. The van der Waals surface area contributed by atoms with Crippen LogP contribution in [0.3, 0.4) is 0 Å². The van der Waals surface area contributed by atoms with Crippen LogP contribution in [0.15, 0.2) is 17.5 Å². The molecule has 2 rings (SSSR count). The molecule has 2 heterocycles. The highest BCUT2D eigenvalue weighted by Gasteiger charge is 2.27. The molecule has 1 aliphatic heterocycles.